The standard InChI is InChI=1S/C17H16N4O3/c1-11-15(19-17-10-13(24-2)7-8-20(11)17)6-4-12-3-5-14(18)16(9-12)21(22)23/h3-10H,18H2,1-2H3. The molecule has 1 aromatic carbocycles. The van der Waals surface area contributed by atoms with Gasteiger partial charge in [0.2, 0.25) is 0 Å². The number of ether oxygens (including phenoxy) is 1. The van der Waals surface area contributed by atoms with Gasteiger partial charge in [0.25, 0.3) is 5.69 Å². The molecule has 2 N–H and O–H groups in total. The van der Waals surface area contributed by atoms with E-state index in [1.165, 1.54) is 12.1 Å². The maximum Gasteiger partial charge on any atom is 0.292 e. The number of nitrogens with zero attached hydrogens (tertiary/aromatic N) is 3. The molecule has 3 aromatic rings. The highest BCUT2D eigenvalue weighted by atomic mass is 16.6. The Morgan fingerprint density at radius 3 is 2.79 bits per heavy atom. The zero-order valence-electron chi connectivity index (χ0n) is 13.3. The summed E-state index contributed by atoms with van der Waals surface area (Å²) in [5.74, 6) is 0.734. The number of benzene rings is 1. The molecule has 2 heterocycles. The zero-order valence-corrected chi connectivity index (χ0v) is 13.3. The van der Waals surface area contributed by atoms with Crippen LogP contribution >= 0.6 is 0 Å². The number of aromatic nitrogens is 2. The first-order chi connectivity index (χ1) is 11.5. The van der Waals surface area contributed by atoms with Crippen molar-refractivity contribution in [2.24, 2.45) is 0 Å². The maximum atomic E-state index is 11.0. The van der Waals surface area contributed by atoms with Crippen molar-refractivity contribution in [3.8, 4) is 5.75 Å². The number of imidazole rings is 1. The average Bonchev–Trinajstić information content (AvgIpc) is 2.89. The number of hydrogen-bond donors (Lipinski definition) is 1. The van der Waals surface area contributed by atoms with Gasteiger partial charge >= 0.3 is 0 Å². The average molecular weight is 324 g/mol. The van der Waals surface area contributed by atoms with Crippen LogP contribution in [0.3, 0.4) is 0 Å². The van der Waals surface area contributed by atoms with Crippen LogP contribution in [0.4, 0.5) is 11.4 Å². The molecule has 0 aliphatic heterocycles. The fourth-order valence-electron chi connectivity index (χ4n) is 2.45. The number of aryl methyl sites for hydroxylation is 1. The van der Waals surface area contributed by atoms with Crippen LogP contribution in [0.25, 0.3) is 17.8 Å². The van der Waals surface area contributed by atoms with Crippen molar-refractivity contribution >= 4 is 29.2 Å². The van der Waals surface area contributed by atoms with E-state index < -0.39 is 4.92 Å². The molecule has 0 saturated carbocycles. The molecule has 0 aliphatic rings. The number of nitro benzene ring substituents is 1. The minimum atomic E-state index is -0.491. The first-order valence-corrected chi connectivity index (χ1v) is 7.24. The number of fused-ring (bicyclic) bond motifs is 1. The van der Waals surface area contributed by atoms with E-state index in [-0.39, 0.29) is 11.4 Å². The van der Waals surface area contributed by atoms with Crippen LogP contribution in [0.15, 0.2) is 36.5 Å². The third-order valence-electron chi connectivity index (χ3n) is 3.79. The zero-order chi connectivity index (χ0) is 17.3. The predicted octanol–water partition coefficient (Wildman–Crippen LogP) is 3.31. The summed E-state index contributed by atoms with van der Waals surface area (Å²) in [6, 6.07) is 8.41. The molecule has 7 heteroatoms. The van der Waals surface area contributed by atoms with Crippen molar-refractivity contribution < 1.29 is 9.66 Å². The fourth-order valence-corrected chi connectivity index (χ4v) is 2.45. The lowest BCUT2D eigenvalue weighted by Gasteiger charge is -2.00. The van der Waals surface area contributed by atoms with E-state index in [2.05, 4.69) is 4.98 Å². The van der Waals surface area contributed by atoms with Crippen LogP contribution in [0.1, 0.15) is 17.0 Å². The Labute approximate surface area is 138 Å². The van der Waals surface area contributed by atoms with Gasteiger partial charge in [0.15, 0.2) is 0 Å². The number of nitrogens with two attached hydrogens (primary N) is 1. The Kier molecular flexibility index (Phi) is 3.91. The van der Waals surface area contributed by atoms with Crippen LogP contribution in [-0.2, 0) is 0 Å². The molecule has 0 aliphatic carbocycles. The van der Waals surface area contributed by atoms with Crippen LogP contribution in [0.5, 0.6) is 5.75 Å². The Morgan fingerprint density at radius 2 is 2.08 bits per heavy atom. The second kappa shape index (κ2) is 6.04. The molecule has 122 valence electrons. The molecule has 0 atom stereocenters. The van der Waals surface area contributed by atoms with Gasteiger partial charge in [-0.05, 0) is 30.7 Å². The topological polar surface area (TPSA) is 95.7 Å². The Hall–Kier alpha value is -3.35. The number of anilines is 1. The van der Waals surface area contributed by atoms with Crippen molar-refractivity contribution in [3.05, 3.63) is 63.6 Å². The molecular formula is C17H16N4O3. The summed E-state index contributed by atoms with van der Waals surface area (Å²) in [5, 5.41) is 11.0. The molecule has 0 bridgehead atoms. The van der Waals surface area contributed by atoms with Gasteiger partial charge in [0.1, 0.15) is 17.1 Å². The molecule has 0 fully saturated rings. The first kappa shape index (κ1) is 15.5. The monoisotopic (exact) mass is 324 g/mol. The minimum Gasteiger partial charge on any atom is -0.497 e. The van der Waals surface area contributed by atoms with E-state index in [1.807, 2.05) is 35.7 Å². The number of nitrogen functional groups attached to an aromatic ring is 1. The summed E-state index contributed by atoms with van der Waals surface area (Å²) in [7, 11) is 1.61. The third-order valence-corrected chi connectivity index (χ3v) is 3.79. The first-order valence-electron chi connectivity index (χ1n) is 7.24. The van der Waals surface area contributed by atoms with Gasteiger partial charge in [-0.25, -0.2) is 4.98 Å². The van der Waals surface area contributed by atoms with Crippen molar-refractivity contribution in [3.63, 3.8) is 0 Å². The van der Waals surface area contributed by atoms with E-state index in [1.54, 1.807) is 19.3 Å². The second-order valence-electron chi connectivity index (χ2n) is 5.29. The van der Waals surface area contributed by atoms with Crippen LogP contribution < -0.4 is 10.5 Å². The van der Waals surface area contributed by atoms with Gasteiger partial charge in [0, 0.05) is 24.0 Å². The minimum absolute atomic E-state index is 0.103. The Balaban J connectivity index is 1.97. The number of nitro groups is 1. The van der Waals surface area contributed by atoms with E-state index in [4.69, 9.17) is 10.5 Å². The molecule has 0 saturated heterocycles. The van der Waals surface area contributed by atoms with Crippen molar-refractivity contribution in [1.82, 2.24) is 9.38 Å². The molecular weight excluding hydrogens is 308 g/mol. The Bertz CT molecular complexity index is 960. The lowest BCUT2D eigenvalue weighted by Crippen LogP contribution is -1.95. The number of rotatable bonds is 4. The second-order valence-corrected chi connectivity index (χ2v) is 5.29. The lowest BCUT2D eigenvalue weighted by atomic mass is 10.1. The fraction of sp³-hybridized carbons (Fsp3) is 0.118. The van der Waals surface area contributed by atoms with Crippen molar-refractivity contribution in [2.45, 2.75) is 6.92 Å². The highest BCUT2D eigenvalue weighted by Gasteiger charge is 2.11. The van der Waals surface area contributed by atoms with Gasteiger partial charge in [-0.2, -0.15) is 0 Å². The molecule has 0 amide bonds. The normalized spacial score (nSPS) is 11.2. The number of methoxy groups -OCH3 is 1. The van der Waals surface area contributed by atoms with Gasteiger partial charge in [-0.3, -0.25) is 10.1 Å². The van der Waals surface area contributed by atoms with Crippen molar-refractivity contribution in [2.75, 3.05) is 12.8 Å². The van der Waals surface area contributed by atoms with Gasteiger partial charge in [-0.15, -0.1) is 0 Å². The van der Waals surface area contributed by atoms with E-state index in [0.717, 1.165) is 22.8 Å². The van der Waals surface area contributed by atoms with Crippen LogP contribution in [0.2, 0.25) is 0 Å². The molecule has 7 nitrogen and oxygen atoms in total. The van der Waals surface area contributed by atoms with Gasteiger partial charge in [-0.1, -0.05) is 12.1 Å². The summed E-state index contributed by atoms with van der Waals surface area (Å²) in [6.45, 7) is 1.96. The SMILES string of the molecule is COc1ccn2c(C)c(C=Cc3ccc(N)c([N+](=O)[O-])c3)nc2c1. The maximum absolute atomic E-state index is 11.0. The summed E-state index contributed by atoms with van der Waals surface area (Å²) >= 11 is 0. The quantitative estimate of drug-likeness (QED) is 0.451. The van der Waals surface area contributed by atoms with Crippen LogP contribution in [-0.4, -0.2) is 21.4 Å². The Morgan fingerprint density at radius 1 is 1.29 bits per heavy atom. The number of hydrogen-bond acceptors (Lipinski definition) is 5. The molecule has 3 rings (SSSR count). The van der Waals surface area contributed by atoms with Gasteiger partial charge in [0.05, 0.1) is 17.7 Å². The van der Waals surface area contributed by atoms with Crippen LogP contribution in [0, 0.1) is 17.0 Å². The number of pyridine rings is 1. The summed E-state index contributed by atoms with van der Waals surface area (Å²) in [6.07, 6.45) is 5.49. The molecule has 0 unspecified atom stereocenters. The molecule has 0 radical (unpaired) electrons. The van der Waals surface area contributed by atoms with E-state index in [0.29, 0.717) is 5.56 Å². The third kappa shape index (κ3) is 2.79. The smallest absolute Gasteiger partial charge is 0.292 e. The summed E-state index contributed by atoms with van der Waals surface area (Å²) < 4.78 is 7.15. The van der Waals surface area contributed by atoms with Gasteiger partial charge < -0.3 is 14.9 Å². The molecule has 0 spiro atoms. The summed E-state index contributed by atoms with van der Waals surface area (Å²) in [5.41, 5.74) is 8.85. The van der Waals surface area contributed by atoms with Crippen molar-refractivity contribution in [1.29, 1.82) is 0 Å². The predicted molar refractivity (Wildman–Crippen MR) is 92.9 cm³/mol. The summed E-state index contributed by atoms with van der Waals surface area (Å²) in [4.78, 5) is 15.0. The molecule has 2 aromatic heterocycles. The van der Waals surface area contributed by atoms with E-state index in [9.17, 15) is 10.1 Å². The molecule has 24 heavy (non-hydrogen) atoms. The lowest BCUT2D eigenvalue weighted by molar-refractivity contribution is -0.383. The highest BCUT2D eigenvalue weighted by Crippen LogP contribution is 2.24. The largest absolute Gasteiger partial charge is 0.497 e. The highest BCUT2D eigenvalue weighted by molar-refractivity contribution is 5.74. The van der Waals surface area contributed by atoms with E-state index >= 15 is 0 Å².